The fourth-order valence-electron chi connectivity index (χ4n) is 3.85. The van der Waals surface area contributed by atoms with E-state index in [4.69, 9.17) is 16.0 Å². The predicted octanol–water partition coefficient (Wildman–Crippen LogP) is 4.51. The van der Waals surface area contributed by atoms with Gasteiger partial charge in [-0.2, -0.15) is 0 Å². The third-order valence-electron chi connectivity index (χ3n) is 5.57. The minimum Gasteiger partial charge on any atom is -0.465 e. The van der Waals surface area contributed by atoms with E-state index in [0.717, 1.165) is 42.4 Å². The van der Waals surface area contributed by atoms with Crippen LogP contribution in [0.1, 0.15) is 41.6 Å². The lowest BCUT2D eigenvalue weighted by molar-refractivity contribution is -0.126. The summed E-state index contributed by atoms with van der Waals surface area (Å²) in [6.07, 6.45) is 3.68. The Morgan fingerprint density at radius 3 is 2.50 bits per heavy atom. The zero-order valence-electron chi connectivity index (χ0n) is 17.3. The fraction of sp³-hybridized carbons (Fsp3) is 0.375. The SMILES string of the molecule is [C-]#[N+]c1cccc(-c2cc(CNC(=O)C3CCC(OC)CC3)cc(C(=O)OC)c2)c1. The molecule has 1 saturated carbocycles. The molecule has 6 nitrogen and oxygen atoms in total. The Bertz CT molecular complexity index is 956. The van der Waals surface area contributed by atoms with Gasteiger partial charge in [-0.3, -0.25) is 4.79 Å². The van der Waals surface area contributed by atoms with E-state index in [1.54, 1.807) is 31.4 Å². The highest BCUT2D eigenvalue weighted by Gasteiger charge is 2.26. The lowest BCUT2D eigenvalue weighted by Gasteiger charge is -2.26. The van der Waals surface area contributed by atoms with Crippen molar-refractivity contribution in [1.29, 1.82) is 0 Å². The van der Waals surface area contributed by atoms with Gasteiger partial charge in [0.25, 0.3) is 0 Å². The first kappa shape index (κ1) is 21.5. The third-order valence-corrected chi connectivity index (χ3v) is 5.57. The molecular formula is C24H26N2O4. The Kier molecular flexibility index (Phi) is 7.21. The number of carbonyl (C=O) groups is 2. The van der Waals surface area contributed by atoms with Crippen molar-refractivity contribution in [2.45, 2.75) is 38.3 Å². The van der Waals surface area contributed by atoms with Crippen LogP contribution < -0.4 is 5.32 Å². The summed E-state index contributed by atoms with van der Waals surface area (Å²) in [5.74, 6) is -0.414. The number of rotatable bonds is 6. The summed E-state index contributed by atoms with van der Waals surface area (Å²) < 4.78 is 10.3. The summed E-state index contributed by atoms with van der Waals surface area (Å²) in [6.45, 7) is 7.54. The van der Waals surface area contributed by atoms with Gasteiger partial charge in [0, 0.05) is 19.6 Å². The van der Waals surface area contributed by atoms with Crippen molar-refractivity contribution in [3.8, 4) is 11.1 Å². The summed E-state index contributed by atoms with van der Waals surface area (Å²) in [4.78, 5) is 28.2. The van der Waals surface area contributed by atoms with Crippen LogP contribution in [-0.4, -0.2) is 32.2 Å². The van der Waals surface area contributed by atoms with Crippen molar-refractivity contribution in [1.82, 2.24) is 5.32 Å². The molecule has 2 aromatic carbocycles. The maximum absolute atomic E-state index is 12.6. The first-order valence-corrected chi connectivity index (χ1v) is 10.0. The van der Waals surface area contributed by atoms with E-state index in [1.165, 1.54) is 7.11 Å². The van der Waals surface area contributed by atoms with Crippen LogP contribution in [-0.2, 0) is 20.8 Å². The molecule has 0 unspecified atom stereocenters. The highest BCUT2D eigenvalue weighted by atomic mass is 16.5. The third kappa shape index (κ3) is 5.25. The van der Waals surface area contributed by atoms with Crippen LogP contribution in [0.4, 0.5) is 5.69 Å². The maximum Gasteiger partial charge on any atom is 0.337 e. The number of methoxy groups -OCH3 is 2. The van der Waals surface area contributed by atoms with E-state index in [1.807, 2.05) is 18.2 Å². The van der Waals surface area contributed by atoms with E-state index >= 15 is 0 Å². The molecule has 156 valence electrons. The minimum atomic E-state index is -0.441. The molecule has 6 heteroatoms. The molecule has 0 radical (unpaired) electrons. The summed E-state index contributed by atoms with van der Waals surface area (Å²) >= 11 is 0. The number of esters is 1. The molecule has 0 aromatic heterocycles. The highest BCUT2D eigenvalue weighted by Crippen LogP contribution is 2.28. The monoisotopic (exact) mass is 406 g/mol. The minimum absolute atomic E-state index is 0.00462. The quantitative estimate of drug-likeness (QED) is 0.566. The molecule has 1 N–H and O–H groups in total. The largest absolute Gasteiger partial charge is 0.465 e. The standard InChI is InChI=1S/C24H26N2O4/c1-25-21-6-4-5-18(14-21)19-11-16(12-20(13-19)24(28)30-3)15-26-23(27)17-7-9-22(29-2)10-8-17/h4-6,11-14,17,22H,7-10,15H2,2-3H3,(H,26,27). The van der Waals surface area contributed by atoms with Crippen molar-refractivity contribution in [2.24, 2.45) is 5.92 Å². The lowest BCUT2D eigenvalue weighted by Crippen LogP contribution is -2.34. The molecule has 2 aromatic rings. The molecule has 0 spiro atoms. The average molecular weight is 406 g/mol. The molecular weight excluding hydrogens is 380 g/mol. The molecule has 30 heavy (non-hydrogen) atoms. The van der Waals surface area contributed by atoms with E-state index < -0.39 is 5.97 Å². The number of ether oxygens (including phenoxy) is 2. The van der Waals surface area contributed by atoms with Gasteiger partial charge in [-0.15, -0.1) is 0 Å². The summed E-state index contributed by atoms with van der Waals surface area (Å²) in [6, 6.07) is 12.6. The van der Waals surface area contributed by atoms with Gasteiger partial charge in [0.2, 0.25) is 5.91 Å². The van der Waals surface area contributed by atoms with Crippen LogP contribution >= 0.6 is 0 Å². The molecule has 1 aliphatic rings. The second kappa shape index (κ2) is 10.0. The fourth-order valence-corrected chi connectivity index (χ4v) is 3.85. The zero-order valence-corrected chi connectivity index (χ0v) is 17.3. The first-order chi connectivity index (χ1) is 14.5. The van der Waals surface area contributed by atoms with Gasteiger partial charge in [0.15, 0.2) is 5.69 Å². The summed E-state index contributed by atoms with van der Waals surface area (Å²) in [5.41, 5.74) is 3.37. The number of carbonyl (C=O) groups excluding carboxylic acids is 2. The van der Waals surface area contributed by atoms with E-state index in [2.05, 4.69) is 10.2 Å². The van der Waals surface area contributed by atoms with Gasteiger partial charge in [0.1, 0.15) is 0 Å². The van der Waals surface area contributed by atoms with Crippen LogP contribution in [0.15, 0.2) is 42.5 Å². The Morgan fingerprint density at radius 1 is 1.07 bits per heavy atom. The Morgan fingerprint density at radius 2 is 1.83 bits per heavy atom. The lowest BCUT2D eigenvalue weighted by atomic mass is 9.86. The molecule has 1 aliphatic carbocycles. The highest BCUT2D eigenvalue weighted by molar-refractivity contribution is 5.91. The van der Waals surface area contributed by atoms with Gasteiger partial charge >= 0.3 is 5.97 Å². The van der Waals surface area contributed by atoms with Crippen LogP contribution in [0.3, 0.4) is 0 Å². The molecule has 0 atom stereocenters. The molecule has 3 rings (SSSR count). The summed E-state index contributed by atoms with van der Waals surface area (Å²) in [5, 5.41) is 3.01. The number of amides is 1. The molecule has 0 heterocycles. The molecule has 0 aliphatic heterocycles. The Hall–Kier alpha value is -3.17. The second-order valence-corrected chi connectivity index (χ2v) is 7.50. The van der Waals surface area contributed by atoms with Gasteiger partial charge in [-0.25, -0.2) is 9.64 Å². The van der Waals surface area contributed by atoms with Gasteiger partial charge in [-0.05, 0) is 66.6 Å². The van der Waals surface area contributed by atoms with Gasteiger partial charge in [-0.1, -0.05) is 18.2 Å². The average Bonchev–Trinajstić information content (AvgIpc) is 2.81. The zero-order chi connectivity index (χ0) is 21.5. The van der Waals surface area contributed by atoms with Crippen LogP contribution in [0.25, 0.3) is 16.0 Å². The van der Waals surface area contributed by atoms with Crippen LogP contribution in [0.5, 0.6) is 0 Å². The first-order valence-electron chi connectivity index (χ1n) is 10.0. The Labute approximate surface area is 177 Å². The van der Waals surface area contributed by atoms with E-state index in [0.29, 0.717) is 17.8 Å². The number of benzene rings is 2. The maximum atomic E-state index is 12.6. The summed E-state index contributed by atoms with van der Waals surface area (Å²) in [7, 11) is 3.05. The van der Waals surface area contributed by atoms with Crippen LogP contribution in [0.2, 0.25) is 0 Å². The van der Waals surface area contributed by atoms with Crippen molar-refractivity contribution in [2.75, 3.05) is 14.2 Å². The van der Waals surface area contributed by atoms with Gasteiger partial charge < -0.3 is 14.8 Å². The normalized spacial score (nSPS) is 18.3. The number of hydrogen-bond acceptors (Lipinski definition) is 4. The smallest absolute Gasteiger partial charge is 0.337 e. The van der Waals surface area contributed by atoms with E-state index in [9.17, 15) is 9.59 Å². The number of nitrogens with zero attached hydrogens (tertiary/aromatic N) is 1. The predicted molar refractivity (Wildman–Crippen MR) is 114 cm³/mol. The Balaban J connectivity index is 1.77. The second-order valence-electron chi connectivity index (χ2n) is 7.50. The van der Waals surface area contributed by atoms with Crippen molar-refractivity contribution < 1.29 is 19.1 Å². The van der Waals surface area contributed by atoms with Crippen molar-refractivity contribution >= 4 is 17.6 Å². The number of nitrogens with one attached hydrogen (secondary N) is 1. The van der Waals surface area contributed by atoms with Crippen molar-refractivity contribution in [3.63, 3.8) is 0 Å². The van der Waals surface area contributed by atoms with Crippen LogP contribution in [0, 0.1) is 12.5 Å². The van der Waals surface area contributed by atoms with Crippen molar-refractivity contribution in [3.05, 3.63) is 65.0 Å². The molecule has 0 bridgehead atoms. The number of hydrogen-bond donors (Lipinski definition) is 1. The molecule has 1 amide bonds. The van der Waals surface area contributed by atoms with Gasteiger partial charge in [0.05, 0.1) is 25.3 Å². The molecule has 0 saturated heterocycles. The molecule has 1 fully saturated rings. The topological polar surface area (TPSA) is 69.0 Å². The van der Waals surface area contributed by atoms with E-state index in [-0.39, 0.29) is 17.9 Å².